The average molecular weight is 303 g/mol. The fourth-order valence-corrected chi connectivity index (χ4v) is 2.28. The first-order chi connectivity index (χ1) is 10.0. The molecule has 5 heteroatoms. The van der Waals surface area contributed by atoms with Gasteiger partial charge in [0.2, 0.25) is 0 Å². The minimum Gasteiger partial charge on any atom is -0.396 e. The highest BCUT2D eigenvalue weighted by atomic mass is 35.5. The number of nitrogens with two attached hydrogens (primary N) is 1. The van der Waals surface area contributed by atoms with Gasteiger partial charge in [-0.3, -0.25) is 4.99 Å². The van der Waals surface area contributed by atoms with E-state index in [2.05, 4.69) is 46.4 Å². The Kier molecular flexibility index (Phi) is 4.91. The standard InChI is InChI=1S/C16H19ClN4/c1-4-12-5-7-13(8-6-12)9-19-10(2)14-11(3)20-21-16(17)15(14)18/h5-8H,4,9H2,1-3H3,(H2,18,20). The fraction of sp³-hybridized carbons (Fsp3) is 0.312. The summed E-state index contributed by atoms with van der Waals surface area (Å²) in [5, 5.41) is 8.01. The highest BCUT2D eigenvalue weighted by molar-refractivity contribution is 6.32. The normalized spacial score (nSPS) is 11.7. The van der Waals surface area contributed by atoms with Crippen LogP contribution in [0.1, 0.15) is 36.2 Å². The van der Waals surface area contributed by atoms with Crippen molar-refractivity contribution in [2.75, 3.05) is 5.73 Å². The quantitative estimate of drug-likeness (QED) is 0.878. The molecular formula is C16H19ClN4. The molecule has 0 unspecified atom stereocenters. The van der Waals surface area contributed by atoms with Crippen LogP contribution in [0.4, 0.5) is 5.69 Å². The van der Waals surface area contributed by atoms with Crippen molar-refractivity contribution in [2.24, 2.45) is 4.99 Å². The van der Waals surface area contributed by atoms with E-state index in [0.717, 1.165) is 29.0 Å². The highest BCUT2D eigenvalue weighted by Crippen LogP contribution is 2.22. The number of nitrogen functional groups attached to an aromatic ring is 1. The number of aromatic nitrogens is 2. The van der Waals surface area contributed by atoms with Gasteiger partial charge < -0.3 is 5.73 Å². The van der Waals surface area contributed by atoms with E-state index in [1.807, 2.05) is 13.8 Å². The Bertz CT molecular complexity index is 663. The van der Waals surface area contributed by atoms with Crippen LogP contribution in [0.5, 0.6) is 0 Å². The van der Waals surface area contributed by atoms with Crippen molar-refractivity contribution in [3.8, 4) is 0 Å². The van der Waals surface area contributed by atoms with Crippen LogP contribution in [0.15, 0.2) is 29.3 Å². The Balaban J connectivity index is 2.23. The van der Waals surface area contributed by atoms with Crippen LogP contribution in [0, 0.1) is 6.92 Å². The predicted molar refractivity (Wildman–Crippen MR) is 87.9 cm³/mol. The molecule has 0 saturated carbocycles. The summed E-state index contributed by atoms with van der Waals surface area (Å²) in [7, 11) is 0. The summed E-state index contributed by atoms with van der Waals surface area (Å²) in [4.78, 5) is 4.59. The van der Waals surface area contributed by atoms with Crippen LogP contribution in [0.3, 0.4) is 0 Å². The number of aryl methyl sites for hydroxylation is 2. The largest absolute Gasteiger partial charge is 0.396 e. The molecule has 0 bridgehead atoms. The summed E-state index contributed by atoms with van der Waals surface area (Å²) >= 11 is 5.93. The smallest absolute Gasteiger partial charge is 0.175 e. The van der Waals surface area contributed by atoms with Crippen LogP contribution in [0.25, 0.3) is 0 Å². The first-order valence-corrected chi connectivity index (χ1v) is 7.28. The molecule has 0 atom stereocenters. The lowest BCUT2D eigenvalue weighted by molar-refractivity contribution is 0.975. The molecule has 0 radical (unpaired) electrons. The maximum Gasteiger partial charge on any atom is 0.175 e. The van der Waals surface area contributed by atoms with Gasteiger partial charge in [0.15, 0.2) is 5.15 Å². The summed E-state index contributed by atoms with van der Waals surface area (Å²) in [5.74, 6) is 0. The van der Waals surface area contributed by atoms with Gasteiger partial charge in [-0.15, -0.1) is 5.10 Å². The van der Waals surface area contributed by atoms with Crippen molar-refractivity contribution in [1.29, 1.82) is 0 Å². The number of hydrogen-bond acceptors (Lipinski definition) is 4. The second-order valence-corrected chi connectivity index (χ2v) is 5.29. The second kappa shape index (κ2) is 6.68. The zero-order chi connectivity index (χ0) is 15.4. The number of halogens is 1. The molecule has 0 aliphatic heterocycles. The number of anilines is 1. The first kappa shape index (κ1) is 15.4. The Morgan fingerprint density at radius 3 is 2.43 bits per heavy atom. The van der Waals surface area contributed by atoms with E-state index in [4.69, 9.17) is 17.3 Å². The third-order valence-corrected chi connectivity index (χ3v) is 3.71. The van der Waals surface area contributed by atoms with Gasteiger partial charge in [0, 0.05) is 11.3 Å². The molecule has 110 valence electrons. The van der Waals surface area contributed by atoms with Crippen LogP contribution in [0.2, 0.25) is 5.15 Å². The lowest BCUT2D eigenvalue weighted by Crippen LogP contribution is -2.08. The molecule has 0 fully saturated rings. The molecule has 21 heavy (non-hydrogen) atoms. The van der Waals surface area contributed by atoms with Gasteiger partial charge in [-0.25, -0.2) is 0 Å². The summed E-state index contributed by atoms with van der Waals surface area (Å²) < 4.78 is 0. The van der Waals surface area contributed by atoms with Crippen molar-refractivity contribution in [2.45, 2.75) is 33.7 Å². The summed E-state index contributed by atoms with van der Waals surface area (Å²) in [6.45, 7) is 6.51. The minimum atomic E-state index is 0.220. The third kappa shape index (κ3) is 3.58. The van der Waals surface area contributed by atoms with E-state index in [9.17, 15) is 0 Å². The molecule has 0 spiro atoms. The Morgan fingerprint density at radius 1 is 1.19 bits per heavy atom. The van der Waals surface area contributed by atoms with Gasteiger partial charge in [-0.2, -0.15) is 5.10 Å². The molecule has 0 saturated heterocycles. The summed E-state index contributed by atoms with van der Waals surface area (Å²) in [6.07, 6.45) is 1.04. The van der Waals surface area contributed by atoms with Crippen LogP contribution in [-0.2, 0) is 13.0 Å². The monoisotopic (exact) mass is 302 g/mol. The average Bonchev–Trinajstić information content (AvgIpc) is 2.50. The molecule has 0 amide bonds. The lowest BCUT2D eigenvalue weighted by Gasteiger charge is -2.09. The Labute approximate surface area is 130 Å². The topological polar surface area (TPSA) is 64.2 Å². The van der Waals surface area contributed by atoms with Gasteiger partial charge in [0.1, 0.15) is 0 Å². The first-order valence-electron chi connectivity index (χ1n) is 6.90. The third-order valence-electron chi connectivity index (χ3n) is 3.43. The molecule has 4 nitrogen and oxygen atoms in total. The Morgan fingerprint density at radius 2 is 1.81 bits per heavy atom. The van der Waals surface area contributed by atoms with Gasteiger partial charge in [0.25, 0.3) is 0 Å². The summed E-state index contributed by atoms with van der Waals surface area (Å²) in [5.41, 5.74) is 11.2. The van der Waals surface area contributed by atoms with Gasteiger partial charge in [-0.1, -0.05) is 42.8 Å². The van der Waals surface area contributed by atoms with E-state index < -0.39 is 0 Å². The van der Waals surface area contributed by atoms with Gasteiger partial charge in [0.05, 0.1) is 17.9 Å². The van der Waals surface area contributed by atoms with Crippen molar-refractivity contribution in [1.82, 2.24) is 10.2 Å². The second-order valence-electron chi connectivity index (χ2n) is 4.94. The van der Waals surface area contributed by atoms with Crippen molar-refractivity contribution >= 4 is 23.0 Å². The molecule has 0 aliphatic rings. The van der Waals surface area contributed by atoms with Crippen LogP contribution >= 0.6 is 11.6 Å². The van der Waals surface area contributed by atoms with E-state index in [1.165, 1.54) is 5.56 Å². The van der Waals surface area contributed by atoms with Gasteiger partial charge in [-0.05, 0) is 31.4 Å². The van der Waals surface area contributed by atoms with E-state index in [-0.39, 0.29) is 5.15 Å². The molecule has 1 heterocycles. The van der Waals surface area contributed by atoms with Crippen molar-refractivity contribution in [3.05, 3.63) is 51.8 Å². The van der Waals surface area contributed by atoms with Crippen molar-refractivity contribution < 1.29 is 0 Å². The van der Waals surface area contributed by atoms with E-state index in [0.29, 0.717) is 12.2 Å². The molecule has 2 aromatic rings. The lowest BCUT2D eigenvalue weighted by atomic mass is 10.1. The SMILES string of the molecule is CCc1ccc(CN=C(C)c2c(C)nnc(Cl)c2N)cc1. The zero-order valence-corrected chi connectivity index (χ0v) is 13.3. The number of hydrogen-bond donors (Lipinski definition) is 1. The maximum absolute atomic E-state index is 5.98. The predicted octanol–water partition coefficient (Wildman–Crippen LogP) is 3.59. The fourth-order valence-electron chi connectivity index (χ4n) is 2.15. The van der Waals surface area contributed by atoms with E-state index in [1.54, 1.807) is 0 Å². The molecule has 2 rings (SSSR count). The molecule has 0 aliphatic carbocycles. The maximum atomic E-state index is 5.98. The highest BCUT2D eigenvalue weighted by Gasteiger charge is 2.12. The molecule has 2 N–H and O–H groups in total. The minimum absolute atomic E-state index is 0.220. The molecule has 1 aromatic heterocycles. The number of rotatable bonds is 4. The zero-order valence-electron chi connectivity index (χ0n) is 12.5. The van der Waals surface area contributed by atoms with Crippen LogP contribution in [-0.4, -0.2) is 15.9 Å². The molecule has 1 aromatic carbocycles. The van der Waals surface area contributed by atoms with Crippen LogP contribution < -0.4 is 5.73 Å². The Hall–Kier alpha value is -1.94. The van der Waals surface area contributed by atoms with Gasteiger partial charge >= 0.3 is 0 Å². The number of nitrogens with zero attached hydrogens (tertiary/aromatic N) is 3. The number of benzene rings is 1. The van der Waals surface area contributed by atoms with E-state index >= 15 is 0 Å². The summed E-state index contributed by atoms with van der Waals surface area (Å²) in [6, 6.07) is 8.46. The van der Waals surface area contributed by atoms with Crippen molar-refractivity contribution in [3.63, 3.8) is 0 Å². The molecular weight excluding hydrogens is 284 g/mol. The number of aliphatic imine (C=N–C) groups is 1.